The first kappa shape index (κ1) is 15.7. The topological polar surface area (TPSA) is 38.0 Å². The van der Waals surface area contributed by atoms with E-state index in [9.17, 15) is 0 Å². The first-order valence-corrected chi connectivity index (χ1v) is 7.81. The second-order valence-electron chi connectivity index (χ2n) is 5.74. The Kier molecular flexibility index (Phi) is 5.97. The Labute approximate surface area is 128 Å². The van der Waals surface area contributed by atoms with Gasteiger partial charge < -0.3 is 11.1 Å². The average molecular weight is 282 g/mol. The van der Waals surface area contributed by atoms with Crippen molar-refractivity contribution in [3.8, 4) is 0 Å². The summed E-state index contributed by atoms with van der Waals surface area (Å²) < 4.78 is 0. The minimum Gasteiger partial charge on any atom is -0.329 e. The Morgan fingerprint density at radius 2 is 1.33 bits per heavy atom. The third-order valence-corrected chi connectivity index (χ3v) is 3.91. The predicted octanol–water partition coefficient (Wildman–Crippen LogP) is 3.17. The lowest BCUT2D eigenvalue weighted by Gasteiger charge is -2.34. The van der Waals surface area contributed by atoms with Crippen molar-refractivity contribution in [3.63, 3.8) is 0 Å². The molecule has 0 unspecified atom stereocenters. The molecular formula is C19H26N2. The van der Waals surface area contributed by atoms with Gasteiger partial charge in [-0.05, 0) is 36.9 Å². The van der Waals surface area contributed by atoms with Crippen molar-refractivity contribution in [2.45, 2.75) is 31.7 Å². The number of hydrogen-bond donors (Lipinski definition) is 2. The Bertz CT molecular complexity index is 466. The highest BCUT2D eigenvalue weighted by atomic mass is 15.0. The molecular weight excluding hydrogens is 256 g/mol. The fourth-order valence-electron chi connectivity index (χ4n) is 2.77. The summed E-state index contributed by atoms with van der Waals surface area (Å²) in [6.45, 7) is 3.83. The van der Waals surface area contributed by atoms with E-state index in [4.69, 9.17) is 5.73 Å². The van der Waals surface area contributed by atoms with E-state index in [2.05, 4.69) is 72.9 Å². The molecule has 2 heteroatoms. The molecule has 0 radical (unpaired) electrons. The second kappa shape index (κ2) is 7.96. The highest BCUT2D eigenvalue weighted by molar-refractivity contribution is 5.23. The largest absolute Gasteiger partial charge is 0.329 e. The van der Waals surface area contributed by atoms with Crippen molar-refractivity contribution in [2.75, 3.05) is 13.1 Å². The second-order valence-corrected chi connectivity index (χ2v) is 5.74. The normalized spacial score (nSPS) is 11.5. The summed E-state index contributed by atoms with van der Waals surface area (Å²) in [5.41, 5.74) is 8.78. The standard InChI is InChI=1S/C19H26N2/c1-2-13-21-19(16-20,14-17-9-5-3-6-10-17)15-18-11-7-4-8-12-18/h3-12,21H,2,13-16,20H2,1H3. The van der Waals surface area contributed by atoms with Gasteiger partial charge in [-0.1, -0.05) is 67.6 Å². The summed E-state index contributed by atoms with van der Waals surface area (Å²) in [5, 5.41) is 3.70. The van der Waals surface area contributed by atoms with E-state index < -0.39 is 0 Å². The maximum Gasteiger partial charge on any atom is 0.0385 e. The highest BCUT2D eigenvalue weighted by Gasteiger charge is 2.28. The van der Waals surface area contributed by atoms with Gasteiger partial charge in [0.05, 0.1) is 0 Å². The lowest BCUT2D eigenvalue weighted by molar-refractivity contribution is 0.327. The molecule has 0 aromatic heterocycles. The van der Waals surface area contributed by atoms with Crippen molar-refractivity contribution < 1.29 is 0 Å². The van der Waals surface area contributed by atoms with Crippen LogP contribution in [-0.2, 0) is 12.8 Å². The SMILES string of the molecule is CCCNC(CN)(Cc1ccccc1)Cc1ccccc1. The summed E-state index contributed by atoms with van der Waals surface area (Å²) in [7, 11) is 0. The monoisotopic (exact) mass is 282 g/mol. The fraction of sp³-hybridized carbons (Fsp3) is 0.368. The minimum absolute atomic E-state index is 0.0707. The molecule has 21 heavy (non-hydrogen) atoms. The maximum atomic E-state index is 6.18. The van der Waals surface area contributed by atoms with E-state index in [1.165, 1.54) is 11.1 Å². The number of nitrogens with two attached hydrogens (primary N) is 1. The van der Waals surface area contributed by atoms with E-state index >= 15 is 0 Å². The lowest BCUT2D eigenvalue weighted by atomic mass is 9.84. The van der Waals surface area contributed by atoms with Crippen LogP contribution in [0.2, 0.25) is 0 Å². The molecule has 0 atom stereocenters. The van der Waals surface area contributed by atoms with E-state index in [1.54, 1.807) is 0 Å². The lowest BCUT2D eigenvalue weighted by Crippen LogP contribution is -2.55. The molecule has 0 amide bonds. The Morgan fingerprint density at radius 1 is 0.857 bits per heavy atom. The van der Waals surface area contributed by atoms with Gasteiger partial charge in [-0.2, -0.15) is 0 Å². The van der Waals surface area contributed by atoms with Gasteiger partial charge in [0.25, 0.3) is 0 Å². The summed E-state index contributed by atoms with van der Waals surface area (Å²) in [4.78, 5) is 0. The average Bonchev–Trinajstić information content (AvgIpc) is 2.54. The molecule has 0 saturated carbocycles. The zero-order valence-electron chi connectivity index (χ0n) is 12.9. The van der Waals surface area contributed by atoms with Crippen LogP contribution in [0.1, 0.15) is 24.5 Å². The number of hydrogen-bond acceptors (Lipinski definition) is 2. The van der Waals surface area contributed by atoms with Crippen LogP contribution in [0.3, 0.4) is 0 Å². The summed E-state index contributed by atoms with van der Waals surface area (Å²) >= 11 is 0. The number of nitrogens with one attached hydrogen (secondary N) is 1. The molecule has 0 spiro atoms. The maximum absolute atomic E-state index is 6.18. The van der Waals surface area contributed by atoms with Crippen LogP contribution in [0.25, 0.3) is 0 Å². The Balaban J connectivity index is 2.20. The summed E-state index contributed by atoms with van der Waals surface area (Å²) in [5.74, 6) is 0. The molecule has 0 heterocycles. The van der Waals surface area contributed by atoms with Gasteiger partial charge in [0.15, 0.2) is 0 Å². The molecule has 0 aliphatic rings. The van der Waals surface area contributed by atoms with Gasteiger partial charge >= 0.3 is 0 Å². The van der Waals surface area contributed by atoms with Crippen LogP contribution in [0, 0.1) is 0 Å². The van der Waals surface area contributed by atoms with Crippen LogP contribution in [0.4, 0.5) is 0 Å². The predicted molar refractivity (Wildman–Crippen MR) is 90.4 cm³/mol. The summed E-state index contributed by atoms with van der Waals surface area (Å²) in [6.07, 6.45) is 3.03. The fourth-order valence-corrected chi connectivity index (χ4v) is 2.77. The van der Waals surface area contributed by atoms with Crippen LogP contribution in [-0.4, -0.2) is 18.6 Å². The van der Waals surface area contributed by atoms with Gasteiger partial charge in [-0.25, -0.2) is 0 Å². The molecule has 0 aliphatic carbocycles. The first-order valence-electron chi connectivity index (χ1n) is 7.81. The van der Waals surface area contributed by atoms with Crippen LogP contribution >= 0.6 is 0 Å². The molecule has 2 rings (SSSR count). The Morgan fingerprint density at radius 3 is 1.71 bits per heavy atom. The van der Waals surface area contributed by atoms with Gasteiger partial charge in [-0.3, -0.25) is 0 Å². The number of rotatable bonds is 8. The third-order valence-electron chi connectivity index (χ3n) is 3.91. The quantitative estimate of drug-likeness (QED) is 0.780. The smallest absolute Gasteiger partial charge is 0.0385 e. The van der Waals surface area contributed by atoms with E-state index in [1.807, 2.05) is 0 Å². The minimum atomic E-state index is -0.0707. The van der Waals surface area contributed by atoms with Crippen molar-refractivity contribution in [1.82, 2.24) is 5.32 Å². The van der Waals surface area contributed by atoms with Crippen LogP contribution in [0.5, 0.6) is 0 Å². The van der Waals surface area contributed by atoms with Gasteiger partial charge in [0.1, 0.15) is 0 Å². The first-order chi connectivity index (χ1) is 10.3. The van der Waals surface area contributed by atoms with E-state index in [0.29, 0.717) is 6.54 Å². The van der Waals surface area contributed by atoms with Gasteiger partial charge in [0, 0.05) is 12.1 Å². The molecule has 112 valence electrons. The molecule has 2 aromatic rings. The van der Waals surface area contributed by atoms with E-state index in [0.717, 1.165) is 25.8 Å². The van der Waals surface area contributed by atoms with Crippen molar-refractivity contribution in [2.24, 2.45) is 5.73 Å². The van der Waals surface area contributed by atoms with Crippen molar-refractivity contribution >= 4 is 0 Å². The summed E-state index contributed by atoms with van der Waals surface area (Å²) in [6, 6.07) is 21.2. The zero-order valence-corrected chi connectivity index (χ0v) is 12.9. The van der Waals surface area contributed by atoms with Gasteiger partial charge in [-0.15, -0.1) is 0 Å². The molecule has 0 aliphatic heterocycles. The highest BCUT2D eigenvalue weighted by Crippen LogP contribution is 2.19. The molecule has 2 nitrogen and oxygen atoms in total. The Hall–Kier alpha value is -1.64. The molecule has 0 fully saturated rings. The molecule has 3 N–H and O–H groups in total. The van der Waals surface area contributed by atoms with Crippen molar-refractivity contribution in [1.29, 1.82) is 0 Å². The molecule has 0 bridgehead atoms. The third kappa shape index (κ3) is 4.69. The number of benzene rings is 2. The van der Waals surface area contributed by atoms with Gasteiger partial charge in [0.2, 0.25) is 0 Å². The van der Waals surface area contributed by atoms with Crippen molar-refractivity contribution in [3.05, 3.63) is 71.8 Å². The molecule has 0 saturated heterocycles. The molecule has 2 aromatic carbocycles. The van der Waals surface area contributed by atoms with E-state index in [-0.39, 0.29) is 5.54 Å². The van der Waals surface area contributed by atoms with Crippen LogP contribution in [0.15, 0.2) is 60.7 Å². The van der Waals surface area contributed by atoms with Crippen LogP contribution < -0.4 is 11.1 Å². The zero-order chi connectivity index (χ0) is 15.0.